The molecule has 0 saturated heterocycles. The van der Waals surface area contributed by atoms with E-state index in [1.165, 1.54) is 29.2 Å². The molecule has 5 amide bonds. The minimum atomic E-state index is -0.578. The van der Waals surface area contributed by atoms with E-state index in [2.05, 4.69) is 21.1 Å². The molecule has 0 unspecified atom stereocenters. The van der Waals surface area contributed by atoms with Gasteiger partial charge in [-0.3, -0.25) is 4.79 Å². The van der Waals surface area contributed by atoms with Gasteiger partial charge in [0.15, 0.2) is 5.76 Å². The van der Waals surface area contributed by atoms with Gasteiger partial charge < -0.3 is 44.9 Å². The summed E-state index contributed by atoms with van der Waals surface area (Å²) in [5, 5.41) is 22.3. The van der Waals surface area contributed by atoms with E-state index in [1.54, 1.807) is 50.9 Å². The Morgan fingerprint density at radius 2 is 1.78 bits per heavy atom. The number of aryl methyl sites for hydroxylation is 2. The number of rotatable bonds is 7. The van der Waals surface area contributed by atoms with Crippen LogP contribution in [0.2, 0.25) is 0 Å². The maximum Gasteiger partial charge on any atom is 0.323 e. The van der Waals surface area contributed by atoms with Gasteiger partial charge in [-0.05, 0) is 89.4 Å². The molecular weight excluding hydrogens is 635 g/mol. The third-order valence-corrected chi connectivity index (χ3v) is 8.48. The van der Waals surface area contributed by atoms with Gasteiger partial charge >= 0.3 is 12.1 Å². The Kier molecular flexibility index (Phi) is 13.0. The Labute approximate surface area is 286 Å². The van der Waals surface area contributed by atoms with Gasteiger partial charge in [0.2, 0.25) is 0 Å². The van der Waals surface area contributed by atoms with Crippen molar-refractivity contribution in [2.75, 3.05) is 49.3 Å². The van der Waals surface area contributed by atoms with E-state index in [-0.39, 0.29) is 43.3 Å². The maximum absolute atomic E-state index is 14.3. The first kappa shape index (κ1) is 37.1. The van der Waals surface area contributed by atoms with Crippen LogP contribution in [0.3, 0.4) is 0 Å². The van der Waals surface area contributed by atoms with Gasteiger partial charge in [0, 0.05) is 44.0 Å². The van der Waals surface area contributed by atoms with Crippen LogP contribution < -0.4 is 20.7 Å². The van der Waals surface area contributed by atoms with Crippen LogP contribution in [-0.2, 0) is 4.74 Å². The van der Waals surface area contributed by atoms with E-state index in [9.17, 15) is 23.9 Å². The zero-order valence-corrected chi connectivity index (χ0v) is 28.9. The molecule has 4 N–H and O–H groups in total. The van der Waals surface area contributed by atoms with Gasteiger partial charge in [0.1, 0.15) is 22.9 Å². The van der Waals surface area contributed by atoms with E-state index in [0.29, 0.717) is 47.3 Å². The molecule has 13 nitrogen and oxygen atoms in total. The number of urea groups is 2. The summed E-state index contributed by atoms with van der Waals surface area (Å²) in [6.07, 6.45) is 1.60. The number of nitrogens with zero attached hydrogens (tertiary/aromatic N) is 3. The van der Waals surface area contributed by atoms with Crippen molar-refractivity contribution in [1.29, 1.82) is 0 Å². The number of hydrogen-bond donors (Lipinski definition) is 4. The molecule has 2 heterocycles. The highest BCUT2D eigenvalue weighted by Gasteiger charge is 2.31. The van der Waals surface area contributed by atoms with Gasteiger partial charge in [-0.25, -0.2) is 14.0 Å². The largest absolute Gasteiger partial charge is 0.490 e. The van der Waals surface area contributed by atoms with Crippen molar-refractivity contribution in [3.05, 3.63) is 65.3 Å². The zero-order valence-electron chi connectivity index (χ0n) is 28.9. The molecule has 1 aliphatic heterocycles. The number of aliphatic hydroxyl groups excluding tert-OH is 1. The summed E-state index contributed by atoms with van der Waals surface area (Å²) in [4.78, 5) is 43.4. The number of fused-ring (bicyclic) bond motifs is 1. The first-order valence-electron chi connectivity index (χ1n) is 16.5. The smallest absolute Gasteiger partial charge is 0.323 e. The molecule has 0 fully saturated rings. The highest BCUT2D eigenvalue weighted by molar-refractivity contribution is 6.02. The van der Waals surface area contributed by atoms with E-state index < -0.39 is 29.9 Å². The van der Waals surface area contributed by atoms with Crippen molar-refractivity contribution in [2.45, 2.75) is 72.1 Å². The molecule has 49 heavy (non-hydrogen) atoms. The Morgan fingerprint density at radius 3 is 2.45 bits per heavy atom. The first-order valence-corrected chi connectivity index (χ1v) is 16.5. The summed E-state index contributed by atoms with van der Waals surface area (Å²) in [7, 11) is 1.67. The Bertz CT molecular complexity index is 1560. The number of carbonyl (C=O) groups excluding carboxylic acids is 3. The van der Waals surface area contributed by atoms with Crippen LogP contribution >= 0.6 is 0 Å². The fourth-order valence-corrected chi connectivity index (χ4v) is 5.51. The predicted molar refractivity (Wildman–Crippen MR) is 184 cm³/mol. The van der Waals surface area contributed by atoms with E-state index >= 15 is 0 Å². The molecule has 266 valence electrons. The van der Waals surface area contributed by atoms with Crippen LogP contribution in [0, 0.1) is 25.6 Å². The fourth-order valence-electron chi connectivity index (χ4n) is 5.51. The average Bonchev–Trinajstić information content (AvgIpc) is 3.39. The molecule has 4 rings (SSSR count). The van der Waals surface area contributed by atoms with Crippen LogP contribution in [0.5, 0.6) is 5.75 Å². The molecule has 1 aliphatic rings. The van der Waals surface area contributed by atoms with Gasteiger partial charge in [-0.15, -0.1) is 0 Å². The van der Waals surface area contributed by atoms with E-state index in [4.69, 9.17) is 14.0 Å². The van der Waals surface area contributed by atoms with Crippen molar-refractivity contribution >= 4 is 35.0 Å². The highest BCUT2D eigenvalue weighted by Crippen LogP contribution is 2.29. The molecule has 2 aromatic carbocycles. The molecule has 3 aromatic rings. The fraction of sp³-hybridized carbons (Fsp3) is 0.486. The number of hydrogen-bond acceptors (Lipinski definition) is 8. The molecule has 0 aliphatic carbocycles. The number of aliphatic hydroxyl groups is 1. The number of amides is 5. The SMILES string of the molecule is Cc1noc(C)c1NC(=O)N(C)C[C@@H]1OCCCC[C@@H](C)Oc2ccc(NC(=O)Nc3ccc(F)cc3)cc2C(=O)N([C@H](C)CO)C[C@H]1C. The molecule has 14 heteroatoms. The minimum Gasteiger partial charge on any atom is -0.490 e. The quantitative estimate of drug-likeness (QED) is 0.235. The third-order valence-electron chi connectivity index (χ3n) is 8.48. The summed E-state index contributed by atoms with van der Waals surface area (Å²) in [6, 6.07) is 8.67. The standard InChI is InChI=1S/C35H47FN6O7/c1-21-18-42(22(2)20-43)33(44)29-17-28(38-34(45)37-27-12-10-26(36)11-13-27)14-15-30(29)48-23(3)9-7-8-16-47-31(21)19-41(6)35(46)39-32-24(4)40-49-25(32)5/h10-15,17,21-23,31,43H,7-9,16,18-20H2,1-6H3,(H,39,46)(H2,37,38,45)/t21-,22-,23-,31+/m1/s1. The number of ether oxygens (including phenoxy) is 2. The molecule has 0 bridgehead atoms. The van der Waals surface area contributed by atoms with E-state index in [1.807, 2.05) is 13.8 Å². The lowest BCUT2D eigenvalue weighted by Gasteiger charge is -2.35. The van der Waals surface area contributed by atoms with Crippen molar-refractivity contribution in [3.8, 4) is 5.75 Å². The highest BCUT2D eigenvalue weighted by atomic mass is 19.1. The summed E-state index contributed by atoms with van der Waals surface area (Å²) in [5.74, 6) is -0.242. The lowest BCUT2D eigenvalue weighted by molar-refractivity contribution is -0.0115. The number of carbonyl (C=O) groups is 3. The number of likely N-dealkylation sites (N-methyl/N-ethyl adjacent to an activating group) is 1. The van der Waals surface area contributed by atoms with Crippen LogP contribution in [0.15, 0.2) is 47.0 Å². The van der Waals surface area contributed by atoms with Crippen molar-refractivity contribution in [3.63, 3.8) is 0 Å². The molecule has 0 spiro atoms. The van der Waals surface area contributed by atoms with Crippen LogP contribution in [0.1, 0.15) is 61.8 Å². The van der Waals surface area contributed by atoms with Gasteiger partial charge in [0.25, 0.3) is 5.91 Å². The summed E-state index contributed by atoms with van der Waals surface area (Å²) in [5.41, 5.74) is 2.03. The molecule has 4 atom stereocenters. The van der Waals surface area contributed by atoms with Crippen LogP contribution in [0.25, 0.3) is 0 Å². The van der Waals surface area contributed by atoms with Crippen LogP contribution in [-0.4, -0.2) is 89.6 Å². The molecule has 0 saturated carbocycles. The van der Waals surface area contributed by atoms with Crippen molar-refractivity contribution in [2.24, 2.45) is 5.92 Å². The third kappa shape index (κ3) is 10.2. The topological polar surface area (TPSA) is 158 Å². The van der Waals surface area contributed by atoms with E-state index in [0.717, 1.165) is 12.8 Å². The van der Waals surface area contributed by atoms with Gasteiger partial charge in [0.05, 0.1) is 30.4 Å². The van der Waals surface area contributed by atoms with Crippen LogP contribution in [0.4, 0.5) is 31.0 Å². The zero-order chi connectivity index (χ0) is 35.7. The monoisotopic (exact) mass is 682 g/mol. The van der Waals surface area contributed by atoms with Crippen molar-refractivity contribution in [1.82, 2.24) is 15.0 Å². The average molecular weight is 683 g/mol. The number of nitrogens with one attached hydrogen (secondary N) is 3. The second kappa shape index (κ2) is 17.1. The number of benzene rings is 2. The second-order valence-electron chi connectivity index (χ2n) is 12.6. The van der Waals surface area contributed by atoms with Gasteiger partial charge in [-0.1, -0.05) is 12.1 Å². The molecule has 1 aromatic heterocycles. The molecular formula is C35H47FN6O7. The minimum absolute atomic E-state index is 0.197. The predicted octanol–water partition coefficient (Wildman–Crippen LogP) is 6.03. The second-order valence-corrected chi connectivity index (χ2v) is 12.6. The number of halogens is 1. The summed E-state index contributed by atoms with van der Waals surface area (Å²) >= 11 is 0. The lowest BCUT2D eigenvalue weighted by Crippen LogP contribution is -2.48. The summed E-state index contributed by atoms with van der Waals surface area (Å²) < 4.78 is 31.1. The molecule has 0 radical (unpaired) electrons. The number of aromatic nitrogens is 1. The Morgan fingerprint density at radius 1 is 1.08 bits per heavy atom. The summed E-state index contributed by atoms with van der Waals surface area (Å²) in [6.45, 7) is 9.67. The lowest BCUT2D eigenvalue weighted by atomic mass is 10.0. The van der Waals surface area contributed by atoms with Crippen molar-refractivity contribution < 1.29 is 37.9 Å². The number of anilines is 3. The maximum atomic E-state index is 14.3. The Hall–Kier alpha value is -4.69. The Balaban J connectivity index is 1.58. The van der Waals surface area contributed by atoms with Gasteiger partial charge in [-0.2, -0.15) is 0 Å². The first-order chi connectivity index (χ1) is 23.4. The normalized spacial score (nSPS) is 19.6.